The van der Waals surface area contributed by atoms with Crippen molar-refractivity contribution in [1.29, 1.82) is 0 Å². The summed E-state index contributed by atoms with van der Waals surface area (Å²) in [5.74, 6) is -0.830. The van der Waals surface area contributed by atoms with Crippen LogP contribution in [-0.4, -0.2) is 17.9 Å². The first kappa shape index (κ1) is 16.5. The summed E-state index contributed by atoms with van der Waals surface area (Å²) in [7, 11) is 0. The Morgan fingerprint density at radius 1 is 1.00 bits per heavy atom. The van der Waals surface area contributed by atoms with Gasteiger partial charge in [0.2, 0.25) is 5.91 Å². The van der Waals surface area contributed by atoms with Gasteiger partial charge in [0.25, 0.3) is 5.91 Å². The lowest BCUT2D eigenvalue weighted by molar-refractivity contribution is -0.120. The van der Waals surface area contributed by atoms with Crippen LogP contribution in [0.15, 0.2) is 54.6 Å². The summed E-state index contributed by atoms with van der Waals surface area (Å²) in [5.41, 5.74) is 13.6. The third-order valence-corrected chi connectivity index (χ3v) is 3.68. The fraction of sp³-hybridized carbons (Fsp3) is 0.222. The van der Waals surface area contributed by atoms with Gasteiger partial charge in [0.05, 0.1) is 0 Å². The van der Waals surface area contributed by atoms with Crippen molar-refractivity contribution in [1.82, 2.24) is 5.32 Å². The second kappa shape index (κ2) is 7.98. The topological polar surface area (TPSA) is 98.2 Å². The molecule has 0 aliphatic carbocycles. The van der Waals surface area contributed by atoms with Gasteiger partial charge in [-0.05, 0) is 43.0 Å². The van der Waals surface area contributed by atoms with Gasteiger partial charge in [-0.2, -0.15) is 0 Å². The molecule has 23 heavy (non-hydrogen) atoms. The standard InChI is InChI=1S/C18H21N3O2/c19-15-11-5-4-7-13(15)10-6-12-16(17(20)22)21-18(23)14-8-2-1-3-9-14/h1-5,7-9,11,16H,6,10,12,19H2,(H2,20,22)(H,21,23). The van der Waals surface area contributed by atoms with Crippen LogP contribution in [0, 0.1) is 0 Å². The van der Waals surface area contributed by atoms with E-state index in [1.165, 1.54) is 0 Å². The average Bonchev–Trinajstić information content (AvgIpc) is 2.56. The number of aryl methyl sites for hydroxylation is 1. The zero-order valence-electron chi connectivity index (χ0n) is 12.9. The van der Waals surface area contributed by atoms with Crippen molar-refractivity contribution in [2.45, 2.75) is 25.3 Å². The first-order valence-electron chi connectivity index (χ1n) is 7.56. The number of primary amides is 1. The van der Waals surface area contributed by atoms with E-state index < -0.39 is 11.9 Å². The smallest absolute Gasteiger partial charge is 0.251 e. The van der Waals surface area contributed by atoms with Crippen LogP contribution in [0.5, 0.6) is 0 Å². The number of benzene rings is 2. The molecule has 0 fully saturated rings. The summed E-state index contributed by atoms with van der Waals surface area (Å²) >= 11 is 0. The van der Waals surface area contributed by atoms with Gasteiger partial charge in [-0.3, -0.25) is 9.59 Å². The molecule has 0 radical (unpaired) electrons. The fourth-order valence-corrected chi connectivity index (χ4v) is 2.38. The number of carbonyl (C=O) groups excluding carboxylic acids is 2. The van der Waals surface area contributed by atoms with E-state index in [2.05, 4.69) is 5.32 Å². The largest absolute Gasteiger partial charge is 0.399 e. The molecule has 5 nitrogen and oxygen atoms in total. The predicted molar refractivity (Wildman–Crippen MR) is 90.7 cm³/mol. The second-order valence-corrected chi connectivity index (χ2v) is 5.39. The molecule has 1 unspecified atom stereocenters. The molecule has 0 aliphatic rings. The highest BCUT2D eigenvalue weighted by Crippen LogP contribution is 2.14. The van der Waals surface area contributed by atoms with Gasteiger partial charge in [0, 0.05) is 11.3 Å². The Bertz CT molecular complexity index is 671. The first-order valence-corrected chi connectivity index (χ1v) is 7.56. The maximum atomic E-state index is 12.1. The summed E-state index contributed by atoms with van der Waals surface area (Å²) < 4.78 is 0. The molecular weight excluding hydrogens is 290 g/mol. The zero-order valence-corrected chi connectivity index (χ0v) is 12.9. The molecule has 5 heteroatoms. The molecule has 0 aromatic heterocycles. The van der Waals surface area contributed by atoms with Gasteiger partial charge in [-0.25, -0.2) is 0 Å². The Balaban J connectivity index is 1.91. The van der Waals surface area contributed by atoms with Gasteiger partial charge >= 0.3 is 0 Å². The van der Waals surface area contributed by atoms with Crippen LogP contribution in [0.1, 0.15) is 28.8 Å². The highest BCUT2D eigenvalue weighted by Gasteiger charge is 2.18. The van der Waals surface area contributed by atoms with Gasteiger partial charge in [-0.15, -0.1) is 0 Å². The van der Waals surface area contributed by atoms with Gasteiger partial charge < -0.3 is 16.8 Å². The lowest BCUT2D eigenvalue weighted by atomic mass is 10.0. The van der Waals surface area contributed by atoms with Crippen molar-refractivity contribution in [3.63, 3.8) is 0 Å². The molecule has 0 spiro atoms. The maximum Gasteiger partial charge on any atom is 0.251 e. The van der Waals surface area contributed by atoms with E-state index in [4.69, 9.17) is 11.5 Å². The quantitative estimate of drug-likeness (QED) is 0.681. The summed E-state index contributed by atoms with van der Waals surface area (Å²) in [6.45, 7) is 0. The number of para-hydroxylation sites is 1. The third kappa shape index (κ3) is 4.85. The van der Waals surface area contributed by atoms with Gasteiger partial charge in [-0.1, -0.05) is 36.4 Å². The van der Waals surface area contributed by atoms with Crippen molar-refractivity contribution >= 4 is 17.5 Å². The summed E-state index contributed by atoms with van der Waals surface area (Å²) in [6.07, 6.45) is 1.91. The number of nitrogens with two attached hydrogens (primary N) is 2. The minimum atomic E-state index is -0.687. The number of nitrogens with one attached hydrogen (secondary N) is 1. The summed E-state index contributed by atoms with van der Waals surface area (Å²) in [4.78, 5) is 23.7. The Hall–Kier alpha value is -2.82. The van der Waals surface area contributed by atoms with Crippen LogP contribution >= 0.6 is 0 Å². The lowest BCUT2D eigenvalue weighted by Gasteiger charge is -2.15. The normalized spacial score (nSPS) is 11.7. The minimum Gasteiger partial charge on any atom is -0.399 e. The zero-order chi connectivity index (χ0) is 16.7. The van der Waals surface area contributed by atoms with Crippen LogP contribution in [0.4, 0.5) is 5.69 Å². The van der Waals surface area contributed by atoms with Crippen LogP contribution in [-0.2, 0) is 11.2 Å². The number of amides is 2. The van der Waals surface area contributed by atoms with Crippen LogP contribution in [0.2, 0.25) is 0 Å². The van der Waals surface area contributed by atoms with E-state index in [0.717, 1.165) is 17.7 Å². The Morgan fingerprint density at radius 2 is 1.65 bits per heavy atom. The number of rotatable bonds is 7. The molecule has 0 saturated carbocycles. The summed E-state index contributed by atoms with van der Waals surface area (Å²) in [5, 5.41) is 2.69. The maximum absolute atomic E-state index is 12.1. The molecule has 2 aromatic carbocycles. The van der Waals surface area contributed by atoms with E-state index in [0.29, 0.717) is 18.4 Å². The van der Waals surface area contributed by atoms with Crippen molar-refractivity contribution in [2.24, 2.45) is 5.73 Å². The Labute approximate surface area is 135 Å². The number of hydrogen-bond donors (Lipinski definition) is 3. The number of anilines is 1. The molecule has 0 aliphatic heterocycles. The predicted octanol–water partition coefficient (Wildman–Crippen LogP) is 1.88. The second-order valence-electron chi connectivity index (χ2n) is 5.39. The fourth-order valence-electron chi connectivity index (χ4n) is 2.38. The van der Waals surface area contributed by atoms with Crippen molar-refractivity contribution < 1.29 is 9.59 Å². The first-order chi connectivity index (χ1) is 11.1. The van der Waals surface area contributed by atoms with Crippen molar-refractivity contribution in [2.75, 3.05) is 5.73 Å². The van der Waals surface area contributed by atoms with E-state index >= 15 is 0 Å². The van der Waals surface area contributed by atoms with Gasteiger partial charge in [0.15, 0.2) is 0 Å². The minimum absolute atomic E-state index is 0.298. The van der Waals surface area contributed by atoms with Crippen LogP contribution in [0.25, 0.3) is 0 Å². The highest BCUT2D eigenvalue weighted by atomic mass is 16.2. The van der Waals surface area contributed by atoms with Crippen molar-refractivity contribution in [3.05, 3.63) is 65.7 Å². The van der Waals surface area contributed by atoms with Gasteiger partial charge in [0.1, 0.15) is 6.04 Å². The van der Waals surface area contributed by atoms with E-state index in [9.17, 15) is 9.59 Å². The highest BCUT2D eigenvalue weighted by molar-refractivity contribution is 5.97. The molecule has 2 aromatic rings. The molecule has 120 valence electrons. The van der Waals surface area contributed by atoms with E-state index in [1.807, 2.05) is 30.3 Å². The van der Waals surface area contributed by atoms with Crippen molar-refractivity contribution in [3.8, 4) is 0 Å². The third-order valence-electron chi connectivity index (χ3n) is 3.68. The average molecular weight is 311 g/mol. The van der Waals surface area contributed by atoms with Crippen LogP contribution in [0.3, 0.4) is 0 Å². The number of nitrogen functional groups attached to an aromatic ring is 1. The Morgan fingerprint density at radius 3 is 2.30 bits per heavy atom. The molecule has 5 N–H and O–H groups in total. The molecule has 2 rings (SSSR count). The Kier molecular flexibility index (Phi) is 5.74. The summed E-state index contributed by atoms with van der Waals surface area (Å²) in [6, 6.07) is 15.7. The lowest BCUT2D eigenvalue weighted by Crippen LogP contribution is -2.44. The monoisotopic (exact) mass is 311 g/mol. The number of carbonyl (C=O) groups is 2. The molecule has 0 bridgehead atoms. The number of hydrogen-bond acceptors (Lipinski definition) is 3. The molecule has 1 atom stereocenters. The molecule has 0 heterocycles. The molecular formula is C18H21N3O2. The molecule has 0 saturated heterocycles. The van der Waals surface area contributed by atoms with Crippen LogP contribution < -0.4 is 16.8 Å². The van der Waals surface area contributed by atoms with E-state index in [1.54, 1.807) is 24.3 Å². The molecule has 2 amide bonds. The SMILES string of the molecule is NC(=O)C(CCCc1ccccc1N)NC(=O)c1ccccc1. The van der Waals surface area contributed by atoms with E-state index in [-0.39, 0.29) is 5.91 Å².